The van der Waals surface area contributed by atoms with Gasteiger partial charge in [-0.2, -0.15) is 0 Å². The average molecular weight is 349 g/mol. The van der Waals surface area contributed by atoms with Gasteiger partial charge in [-0.15, -0.1) is 11.3 Å². The number of aromatic carboxylic acids is 1. The van der Waals surface area contributed by atoms with Crippen LogP contribution in [0.2, 0.25) is 5.02 Å². The predicted molar refractivity (Wildman–Crippen MR) is 86.2 cm³/mol. The Morgan fingerprint density at radius 3 is 2.57 bits per heavy atom. The smallest absolute Gasteiger partial charge is 0.339 e. The maximum Gasteiger partial charge on any atom is 0.339 e. The number of thiophene rings is 1. The molecule has 0 atom stereocenters. The van der Waals surface area contributed by atoms with E-state index in [0.717, 1.165) is 11.3 Å². The van der Waals surface area contributed by atoms with Crippen molar-refractivity contribution >= 4 is 39.8 Å². The quantitative estimate of drug-likeness (QED) is 0.743. The van der Waals surface area contributed by atoms with Crippen LogP contribution in [0.3, 0.4) is 0 Å². The molecule has 23 heavy (non-hydrogen) atoms. The normalized spacial score (nSPS) is 10.5. The van der Waals surface area contributed by atoms with E-state index in [1.165, 1.54) is 12.3 Å². The van der Waals surface area contributed by atoms with Gasteiger partial charge >= 0.3 is 5.97 Å². The highest BCUT2D eigenvalue weighted by molar-refractivity contribution is 7.15. The summed E-state index contributed by atoms with van der Waals surface area (Å²) in [6.07, 6.45) is 1.33. The summed E-state index contributed by atoms with van der Waals surface area (Å²) in [5.41, 5.74) is 1.22. The monoisotopic (exact) mass is 348 g/mol. The Balaban J connectivity index is 1.97. The molecule has 0 aliphatic carbocycles. The second kappa shape index (κ2) is 6.23. The first-order valence-electron chi connectivity index (χ1n) is 6.39. The van der Waals surface area contributed by atoms with Crippen molar-refractivity contribution in [1.82, 2.24) is 5.16 Å². The number of rotatable bonds is 4. The number of amides is 1. The third kappa shape index (κ3) is 3.10. The van der Waals surface area contributed by atoms with Crippen LogP contribution in [0.4, 0.5) is 5.00 Å². The first-order chi connectivity index (χ1) is 11.1. The number of carbonyl (C=O) groups is 2. The number of aromatic nitrogens is 1. The van der Waals surface area contributed by atoms with Gasteiger partial charge in [0.1, 0.15) is 10.6 Å². The molecule has 0 unspecified atom stereocenters. The van der Waals surface area contributed by atoms with E-state index in [9.17, 15) is 14.7 Å². The van der Waals surface area contributed by atoms with Gasteiger partial charge in [-0.1, -0.05) is 28.9 Å². The molecule has 0 aliphatic rings. The van der Waals surface area contributed by atoms with E-state index >= 15 is 0 Å². The lowest BCUT2D eigenvalue weighted by Crippen LogP contribution is -2.12. The lowest BCUT2D eigenvalue weighted by molar-refractivity contribution is 0.0699. The number of carboxylic acids is 1. The van der Waals surface area contributed by atoms with Crippen LogP contribution >= 0.6 is 22.9 Å². The van der Waals surface area contributed by atoms with Crippen LogP contribution in [0.25, 0.3) is 11.1 Å². The fraction of sp³-hybridized carbons (Fsp3) is 0. The Morgan fingerprint density at radius 1 is 1.22 bits per heavy atom. The van der Waals surface area contributed by atoms with E-state index in [4.69, 9.17) is 16.1 Å². The van der Waals surface area contributed by atoms with Crippen LogP contribution in [0.5, 0.6) is 0 Å². The number of halogens is 1. The van der Waals surface area contributed by atoms with Crippen molar-refractivity contribution in [3.63, 3.8) is 0 Å². The molecular weight excluding hydrogens is 340 g/mol. The summed E-state index contributed by atoms with van der Waals surface area (Å²) in [5.74, 6) is -1.69. The molecular formula is C15H9ClN2O4S. The number of carbonyl (C=O) groups excluding carboxylic acids is 1. The lowest BCUT2D eigenvalue weighted by atomic mass is 10.0. The van der Waals surface area contributed by atoms with Crippen molar-refractivity contribution in [2.24, 2.45) is 0 Å². The Labute approximate surface area is 139 Å². The topological polar surface area (TPSA) is 92.4 Å². The van der Waals surface area contributed by atoms with Gasteiger partial charge in [-0.3, -0.25) is 4.79 Å². The zero-order valence-corrected chi connectivity index (χ0v) is 13.0. The van der Waals surface area contributed by atoms with E-state index < -0.39 is 11.9 Å². The minimum Gasteiger partial charge on any atom is -0.478 e. The number of benzene rings is 1. The van der Waals surface area contributed by atoms with Gasteiger partial charge in [0.2, 0.25) is 5.76 Å². The zero-order valence-electron chi connectivity index (χ0n) is 11.4. The van der Waals surface area contributed by atoms with E-state index in [1.807, 2.05) is 0 Å². The molecule has 3 aromatic rings. The van der Waals surface area contributed by atoms with Gasteiger partial charge in [0.05, 0.1) is 6.20 Å². The van der Waals surface area contributed by atoms with Crippen LogP contribution in [0, 0.1) is 0 Å². The molecule has 8 heteroatoms. The summed E-state index contributed by atoms with van der Waals surface area (Å²) in [7, 11) is 0. The van der Waals surface area contributed by atoms with Gasteiger partial charge in [0.15, 0.2) is 0 Å². The molecule has 3 rings (SSSR count). The zero-order chi connectivity index (χ0) is 16.4. The average Bonchev–Trinajstić information content (AvgIpc) is 3.17. The van der Waals surface area contributed by atoms with Crippen molar-refractivity contribution < 1.29 is 19.2 Å². The van der Waals surface area contributed by atoms with Crippen molar-refractivity contribution in [1.29, 1.82) is 0 Å². The predicted octanol–water partition coefficient (Wildman–Crippen LogP) is 4.01. The summed E-state index contributed by atoms with van der Waals surface area (Å²) >= 11 is 6.97. The molecule has 2 heterocycles. The molecule has 116 valence electrons. The Kier molecular flexibility index (Phi) is 4.14. The van der Waals surface area contributed by atoms with Crippen molar-refractivity contribution in [3.05, 3.63) is 58.3 Å². The molecule has 0 bridgehead atoms. The third-order valence-corrected chi connectivity index (χ3v) is 4.20. The minimum absolute atomic E-state index is 0.00258. The molecule has 0 saturated carbocycles. The van der Waals surface area contributed by atoms with Gasteiger partial charge in [0.25, 0.3) is 5.91 Å². The largest absolute Gasteiger partial charge is 0.478 e. The molecule has 1 aromatic carbocycles. The van der Waals surface area contributed by atoms with E-state index in [-0.39, 0.29) is 16.3 Å². The van der Waals surface area contributed by atoms with Gasteiger partial charge in [0, 0.05) is 22.0 Å². The lowest BCUT2D eigenvalue weighted by Gasteiger charge is -2.04. The first-order valence-corrected chi connectivity index (χ1v) is 7.65. The number of carboxylic acid groups (broad SMARTS) is 1. The highest BCUT2D eigenvalue weighted by Crippen LogP contribution is 2.36. The summed E-state index contributed by atoms with van der Waals surface area (Å²) in [5, 5.41) is 17.9. The summed E-state index contributed by atoms with van der Waals surface area (Å²) in [6.45, 7) is 0. The molecule has 1 amide bonds. The summed E-state index contributed by atoms with van der Waals surface area (Å²) < 4.78 is 4.75. The van der Waals surface area contributed by atoms with Gasteiger partial charge in [-0.25, -0.2) is 4.79 Å². The highest BCUT2D eigenvalue weighted by atomic mass is 35.5. The molecule has 2 aromatic heterocycles. The van der Waals surface area contributed by atoms with Crippen molar-refractivity contribution in [2.75, 3.05) is 5.32 Å². The standard InChI is InChI=1S/C15H9ClN2O4S/c16-9-3-1-8(2-4-9)10-7-23-14(12(10)15(20)21)18-13(19)11-5-6-17-22-11/h1-7H,(H,18,19)(H,20,21). The fourth-order valence-corrected chi connectivity index (χ4v) is 3.08. The molecule has 0 saturated heterocycles. The highest BCUT2D eigenvalue weighted by Gasteiger charge is 2.22. The summed E-state index contributed by atoms with van der Waals surface area (Å²) in [6, 6.07) is 8.18. The molecule has 6 nitrogen and oxygen atoms in total. The van der Waals surface area contributed by atoms with Crippen molar-refractivity contribution in [3.8, 4) is 11.1 Å². The second-order valence-corrected chi connectivity index (χ2v) is 5.81. The van der Waals surface area contributed by atoms with Crippen LogP contribution in [-0.2, 0) is 0 Å². The van der Waals surface area contributed by atoms with Crippen LogP contribution in [0.1, 0.15) is 20.9 Å². The number of nitrogens with zero attached hydrogens (tertiary/aromatic N) is 1. The fourth-order valence-electron chi connectivity index (χ4n) is 2.00. The number of hydrogen-bond acceptors (Lipinski definition) is 5. The molecule has 0 radical (unpaired) electrons. The Morgan fingerprint density at radius 2 is 1.96 bits per heavy atom. The minimum atomic E-state index is -1.14. The van der Waals surface area contributed by atoms with Gasteiger partial charge < -0.3 is 14.9 Å². The first kappa shape index (κ1) is 15.3. The third-order valence-electron chi connectivity index (χ3n) is 3.05. The number of anilines is 1. The molecule has 2 N–H and O–H groups in total. The van der Waals surface area contributed by atoms with Crippen LogP contribution < -0.4 is 5.32 Å². The summed E-state index contributed by atoms with van der Waals surface area (Å²) in [4.78, 5) is 23.6. The number of nitrogens with one attached hydrogen (secondary N) is 1. The van der Waals surface area contributed by atoms with Crippen molar-refractivity contribution in [2.45, 2.75) is 0 Å². The maximum atomic E-state index is 12.0. The van der Waals surface area contributed by atoms with E-state index in [1.54, 1.807) is 29.6 Å². The maximum absolute atomic E-state index is 12.0. The molecule has 0 fully saturated rings. The van der Waals surface area contributed by atoms with E-state index in [2.05, 4.69) is 10.5 Å². The number of hydrogen-bond donors (Lipinski definition) is 2. The molecule has 0 aliphatic heterocycles. The SMILES string of the molecule is O=C(Nc1scc(-c2ccc(Cl)cc2)c1C(=O)O)c1ccno1. The molecule has 0 spiro atoms. The van der Waals surface area contributed by atoms with E-state index in [0.29, 0.717) is 16.1 Å². The van der Waals surface area contributed by atoms with Crippen LogP contribution in [0.15, 0.2) is 46.4 Å². The Bertz CT molecular complexity index is 856. The van der Waals surface area contributed by atoms with Crippen LogP contribution in [-0.4, -0.2) is 22.1 Å². The Hall–Kier alpha value is -2.64. The van der Waals surface area contributed by atoms with Gasteiger partial charge in [-0.05, 0) is 17.7 Å². The second-order valence-electron chi connectivity index (χ2n) is 4.50.